The first-order valence-electron chi connectivity index (χ1n) is 12.1. The monoisotopic (exact) mass is 472 g/mol. The molecule has 0 saturated carbocycles. The molecule has 180 valence electrons. The minimum atomic E-state index is -0.256. The molecule has 35 heavy (non-hydrogen) atoms. The average molecular weight is 473 g/mol. The molecule has 0 aliphatic carbocycles. The fourth-order valence-electron chi connectivity index (χ4n) is 4.94. The number of aromatic nitrogens is 1. The maximum absolute atomic E-state index is 13.2. The van der Waals surface area contributed by atoms with Crippen molar-refractivity contribution < 1.29 is 14.0 Å². The largest absolute Gasteiger partial charge is 0.368 e. The van der Waals surface area contributed by atoms with E-state index in [1.807, 2.05) is 30.3 Å². The predicted octanol–water partition coefficient (Wildman–Crippen LogP) is 5.02. The van der Waals surface area contributed by atoms with Gasteiger partial charge in [-0.15, -0.1) is 0 Å². The van der Waals surface area contributed by atoms with Crippen LogP contribution in [0.3, 0.4) is 0 Å². The van der Waals surface area contributed by atoms with Crippen LogP contribution in [-0.2, 0) is 16.1 Å². The van der Waals surface area contributed by atoms with Gasteiger partial charge >= 0.3 is 0 Å². The number of carbonyl (C=O) groups is 2. The maximum Gasteiger partial charge on any atom is 0.224 e. The van der Waals surface area contributed by atoms with E-state index in [0.29, 0.717) is 26.2 Å². The highest BCUT2D eigenvalue weighted by Crippen LogP contribution is 2.31. The van der Waals surface area contributed by atoms with Gasteiger partial charge in [-0.05, 0) is 55.5 Å². The number of carbonyl (C=O) groups excluding carboxylic acids is 2. The van der Waals surface area contributed by atoms with Crippen LogP contribution in [0.15, 0.2) is 66.7 Å². The van der Waals surface area contributed by atoms with Crippen LogP contribution in [0.25, 0.3) is 21.8 Å². The molecule has 1 aliphatic heterocycles. The number of benzene rings is 3. The van der Waals surface area contributed by atoms with Crippen molar-refractivity contribution in [1.29, 1.82) is 0 Å². The van der Waals surface area contributed by atoms with Crippen LogP contribution in [0, 0.1) is 5.82 Å². The van der Waals surface area contributed by atoms with Crippen LogP contribution in [0.4, 0.5) is 15.8 Å². The Bertz CT molecular complexity index is 1370. The first-order chi connectivity index (χ1) is 17.0. The average Bonchev–Trinajstić information content (AvgIpc) is 3.21. The summed E-state index contributed by atoms with van der Waals surface area (Å²) in [5, 5.41) is 5.23. The van der Waals surface area contributed by atoms with Crippen LogP contribution in [0.2, 0.25) is 0 Å². The maximum atomic E-state index is 13.2. The molecule has 0 unspecified atom stereocenters. The van der Waals surface area contributed by atoms with Gasteiger partial charge in [0.15, 0.2) is 0 Å². The third-order valence-electron chi connectivity index (χ3n) is 6.76. The zero-order valence-electron chi connectivity index (χ0n) is 19.8. The van der Waals surface area contributed by atoms with Crippen molar-refractivity contribution in [2.45, 2.75) is 26.3 Å². The molecule has 5 rings (SSSR count). The predicted molar refractivity (Wildman–Crippen MR) is 138 cm³/mol. The molecule has 7 heteroatoms. The summed E-state index contributed by atoms with van der Waals surface area (Å²) in [5.41, 5.74) is 4.01. The number of hydrogen-bond donors (Lipinski definition) is 1. The molecular formula is C28H29FN4O2. The molecule has 0 spiro atoms. The number of fused-ring (bicyclic) bond motifs is 3. The van der Waals surface area contributed by atoms with Crippen molar-refractivity contribution in [1.82, 2.24) is 9.47 Å². The summed E-state index contributed by atoms with van der Waals surface area (Å²) in [6.45, 7) is 5.56. The minimum Gasteiger partial charge on any atom is -0.368 e. The van der Waals surface area contributed by atoms with Crippen LogP contribution >= 0.6 is 0 Å². The number of anilines is 2. The van der Waals surface area contributed by atoms with Crippen molar-refractivity contribution in [2.75, 3.05) is 36.4 Å². The minimum absolute atomic E-state index is 0.0135. The quantitative estimate of drug-likeness (QED) is 0.429. The van der Waals surface area contributed by atoms with Crippen molar-refractivity contribution in [3.8, 4) is 0 Å². The molecule has 0 bridgehead atoms. The molecule has 2 heterocycles. The van der Waals surface area contributed by atoms with E-state index in [-0.39, 0.29) is 30.5 Å². The van der Waals surface area contributed by atoms with Gasteiger partial charge in [0, 0.05) is 78.7 Å². The van der Waals surface area contributed by atoms with Gasteiger partial charge in [0.1, 0.15) is 5.82 Å². The lowest BCUT2D eigenvalue weighted by Gasteiger charge is -2.36. The van der Waals surface area contributed by atoms with Gasteiger partial charge in [-0.25, -0.2) is 4.39 Å². The van der Waals surface area contributed by atoms with Gasteiger partial charge in [-0.2, -0.15) is 0 Å². The number of aryl methyl sites for hydroxylation is 1. The summed E-state index contributed by atoms with van der Waals surface area (Å²) in [7, 11) is 0. The van der Waals surface area contributed by atoms with Gasteiger partial charge in [-0.3, -0.25) is 9.59 Å². The number of hydrogen-bond acceptors (Lipinski definition) is 3. The van der Waals surface area contributed by atoms with Crippen molar-refractivity contribution in [3.05, 3.63) is 72.5 Å². The molecule has 1 aliphatic rings. The van der Waals surface area contributed by atoms with E-state index in [4.69, 9.17) is 0 Å². The van der Waals surface area contributed by atoms with Gasteiger partial charge < -0.3 is 19.7 Å². The van der Waals surface area contributed by atoms with Gasteiger partial charge in [0.2, 0.25) is 11.8 Å². The first-order valence-corrected chi connectivity index (χ1v) is 12.1. The molecule has 1 N–H and O–H groups in total. The summed E-state index contributed by atoms with van der Waals surface area (Å²) in [5.74, 6) is -0.435. The fraction of sp³-hybridized carbons (Fsp3) is 0.286. The first kappa shape index (κ1) is 22.9. The zero-order valence-corrected chi connectivity index (χ0v) is 19.8. The topological polar surface area (TPSA) is 57.6 Å². The number of halogens is 1. The van der Waals surface area contributed by atoms with E-state index in [1.165, 1.54) is 17.6 Å². The number of para-hydroxylation sites is 1. The Labute approximate surface area is 203 Å². The molecule has 6 nitrogen and oxygen atoms in total. The van der Waals surface area contributed by atoms with Crippen molar-refractivity contribution in [3.63, 3.8) is 0 Å². The number of piperazine rings is 1. The fourth-order valence-corrected chi connectivity index (χ4v) is 4.94. The molecule has 0 atom stereocenters. The highest BCUT2D eigenvalue weighted by Gasteiger charge is 2.22. The number of nitrogens with zero attached hydrogens (tertiary/aromatic N) is 3. The standard InChI is InChI=1S/C28H29FN4O2/c1-2-33-25-6-4-3-5-23(25)24-19-21(9-12-26(24)33)30-27(34)13-14-28(35)32-17-15-31(16-18-32)22-10-7-20(29)8-11-22/h3-12,19H,2,13-18H2,1H3,(H,30,34). The van der Waals surface area contributed by atoms with Crippen LogP contribution < -0.4 is 10.2 Å². The Kier molecular flexibility index (Phi) is 6.40. The van der Waals surface area contributed by atoms with E-state index < -0.39 is 0 Å². The molecule has 1 saturated heterocycles. The van der Waals surface area contributed by atoms with Crippen LogP contribution in [0.5, 0.6) is 0 Å². The van der Waals surface area contributed by atoms with E-state index >= 15 is 0 Å². The number of rotatable bonds is 6. The summed E-state index contributed by atoms with van der Waals surface area (Å²) in [6.07, 6.45) is 0.325. The summed E-state index contributed by atoms with van der Waals surface area (Å²) >= 11 is 0. The molecular weight excluding hydrogens is 443 g/mol. The third-order valence-corrected chi connectivity index (χ3v) is 6.76. The Morgan fingerprint density at radius 1 is 0.857 bits per heavy atom. The molecule has 2 amide bonds. The summed E-state index contributed by atoms with van der Waals surface area (Å²) in [4.78, 5) is 29.2. The lowest BCUT2D eigenvalue weighted by atomic mass is 10.1. The van der Waals surface area contributed by atoms with Gasteiger partial charge in [0.25, 0.3) is 0 Å². The van der Waals surface area contributed by atoms with E-state index in [9.17, 15) is 14.0 Å². The zero-order chi connectivity index (χ0) is 24.4. The normalized spacial score (nSPS) is 14.0. The number of nitrogens with one attached hydrogen (secondary N) is 1. The molecule has 4 aromatic rings. The van der Waals surface area contributed by atoms with E-state index in [2.05, 4.69) is 33.8 Å². The second-order valence-electron chi connectivity index (χ2n) is 8.89. The second kappa shape index (κ2) is 9.78. The Hall–Kier alpha value is -3.87. The van der Waals surface area contributed by atoms with Gasteiger partial charge in [0.05, 0.1) is 0 Å². The molecule has 0 radical (unpaired) electrons. The molecule has 3 aromatic carbocycles. The molecule has 1 fully saturated rings. The summed E-state index contributed by atoms with van der Waals surface area (Å²) < 4.78 is 15.4. The Morgan fingerprint density at radius 3 is 2.31 bits per heavy atom. The SMILES string of the molecule is CCn1c2ccccc2c2cc(NC(=O)CCC(=O)N3CCN(c4ccc(F)cc4)CC3)ccc21. The molecule has 1 aromatic heterocycles. The van der Waals surface area contributed by atoms with E-state index in [1.54, 1.807) is 17.0 Å². The smallest absolute Gasteiger partial charge is 0.224 e. The Morgan fingerprint density at radius 2 is 1.57 bits per heavy atom. The lowest BCUT2D eigenvalue weighted by Crippen LogP contribution is -2.48. The summed E-state index contributed by atoms with van der Waals surface area (Å²) in [6, 6.07) is 20.7. The van der Waals surface area contributed by atoms with Crippen LogP contribution in [0.1, 0.15) is 19.8 Å². The van der Waals surface area contributed by atoms with Gasteiger partial charge in [-0.1, -0.05) is 18.2 Å². The van der Waals surface area contributed by atoms with E-state index in [0.717, 1.165) is 34.2 Å². The number of amides is 2. The lowest BCUT2D eigenvalue weighted by molar-refractivity contribution is -0.133. The Balaban J connectivity index is 1.16. The second-order valence-corrected chi connectivity index (χ2v) is 8.89. The highest BCUT2D eigenvalue weighted by atomic mass is 19.1. The third kappa shape index (κ3) is 4.71. The van der Waals surface area contributed by atoms with Crippen molar-refractivity contribution >= 4 is 45.0 Å². The van der Waals surface area contributed by atoms with Crippen LogP contribution in [-0.4, -0.2) is 47.5 Å². The van der Waals surface area contributed by atoms with Crippen molar-refractivity contribution in [2.24, 2.45) is 0 Å². The highest BCUT2D eigenvalue weighted by molar-refractivity contribution is 6.09.